The fourth-order valence-electron chi connectivity index (χ4n) is 6.51. The van der Waals surface area contributed by atoms with E-state index in [1.165, 1.54) is 37.9 Å². The number of benzene rings is 2. The van der Waals surface area contributed by atoms with Gasteiger partial charge in [0.2, 0.25) is 5.95 Å². The summed E-state index contributed by atoms with van der Waals surface area (Å²) in [7, 11) is 2.18. The van der Waals surface area contributed by atoms with E-state index in [0.717, 1.165) is 48.1 Å². The van der Waals surface area contributed by atoms with Crippen LogP contribution in [-0.4, -0.2) is 52.8 Å². The molecule has 0 spiro atoms. The minimum absolute atomic E-state index is 0.0667. The summed E-state index contributed by atoms with van der Waals surface area (Å²) in [5.41, 5.74) is 0.470. The molecule has 246 valence electrons. The number of hydrogen-bond donors (Lipinski definition) is 1. The zero-order valence-electron chi connectivity index (χ0n) is 25.6. The van der Waals surface area contributed by atoms with E-state index in [2.05, 4.69) is 51.5 Å². The van der Waals surface area contributed by atoms with Gasteiger partial charge in [-0.3, -0.25) is 0 Å². The first-order valence-electron chi connectivity index (χ1n) is 15.7. The average Bonchev–Trinajstić information content (AvgIpc) is 3.41. The van der Waals surface area contributed by atoms with E-state index in [1.807, 2.05) is 10.8 Å². The van der Waals surface area contributed by atoms with Crippen molar-refractivity contribution in [2.75, 3.05) is 38.7 Å². The van der Waals surface area contributed by atoms with Crippen LogP contribution in [0.4, 0.5) is 38.0 Å². The van der Waals surface area contributed by atoms with Crippen LogP contribution in [0.5, 0.6) is 0 Å². The maximum atomic E-state index is 13.4. The third-order valence-electron chi connectivity index (χ3n) is 9.18. The lowest BCUT2D eigenvalue weighted by Crippen LogP contribution is -2.30. The monoisotopic (exact) mass is 645 g/mol. The summed E-state index contributed by atoms with van der Waals surface area (Å²) >= 11 is 0. The molecule has 0 bridgehead atoms. The number of rotatable bonds is 8. The molecule has 2 aromatic heterocycles. The van der Waals surface area contributed by atoms with Crippen LogP contribution in [0.15, 0.2) is 54.9 Å². The molecular weight excluding hydrogens is 608 g/mol. The van der Waals surface area contributed by atoms with Crippen molar-refractivity contribution in [3.05, 3.63) is 71.5 Å². The number of piperidine rings is 1. The van der Waals surface area contributed by atoms with Crippen LogP contribution in [0.1, 0.15) is 61.3 Å². The van der Waals surface area contributed by atoms with Crippen molar-refractivity contribution in [3.63, 3.8) is 0 Å². The molecule has 12 heteroatoms. The highest BCUT2D eigenvalue weighted by Gasteiger charge is 2.37. The fraction of sp³-hybridized carbons (Fsp3) is 0.471. The van der Waals surface area contributed by atoms with Crippen LogP contribution in [-0.2, 0) is 23.5 Å². The van der Waals surface area contributed by atoms with Crippen molar-refractivity contribution in [1.29, 1.82) is 0 Å². The Balaban J connectivity index is 1.26. The van der Waals surface area contributed by atoms with Gasteiger partial charge in [0.1, 0.15) is 5.65 Å². The number of hydrogen-bond acceptors (Lipinski definition) is 5. The Morgan fingerprint density at radius 1 is 0.891 bits per heavy atom. The Morgan fingerprint density at radius 3 is 2.17 bits per heavy atom. The number of ether oxygens (including phenoxy) is 1. The molecule has 2 saturated heterocycles. The highest BCUT2D eigenvalue weighted by Crippen LogP contribution is 2.39. The number of nitrogens with zero attached hydrogens (tertiary/aromatic N) is 4. The average molecular weight is 646 g/mol. The van der Waals surface area contributed by atoms with Crippen molar-refractivity contribution in [1.82, 2.24) is 19.4 Å². The van der Waals surface area contributed by atoms with Crippen LogP contribution >= 0.6 is 0 Å². The normalized spacial score (nSPS) is 17.5. The van der Waals surface area contributed by atoms with Crippen molar-refractivity contribution >= 4 is 22.7 Å². The topological polar surface area (TPSA) is 55.2 Å². The van der Waals surface area contributed by atoms with E-state index in [-0.39, 0.29) is 18.1 Å². The molecule has 2 aliphatic rings. The van der Waals surface area contributed by atoms with E-state index in [1.54, 1.807) is 6.20 Å². The predicted molar refractivity (Wildman–Crippen MR) is 165 cm³/mol. The van der Waals surface area contributed by atoms with Crippen LogP contribution in [0.3, 0.4) is 0 Å². The summed E-state index contributed by atoms with van der Waals surface area (Å²) in [6.45, 7) is 3.50. The predicted octanol–water partition coefficient (Wildman–Crippen LogP) is 8.90. The third kappa shape index (κ3) is 7.49. The van der Waals surface area contributed by atoms with E-state index >= 15 is 0 Å². The molecule has 2 aliphatic heterocycles. The smallest absolute Gasteiger partial charge is 0.381 e. The summed E-state index contributed by atoms with van der Waals surface area (Å²) < 4.78 is 88.2. The summed E-state index contributed by atoms with van der Waals surface area (Å²) in [5, 5.41) is 3.33. The van der Waals surface area contributed by atoms with Gasteiger partial charge in [-0.2, -0.15) is 31.3 Å². The van der Waals surface area contributed by atoms with Gasteiger partial charge in [-0.05, 0) is 93.9 Å². The molecule has 0 atom stereocenters. The SMILES string of the molecule is CN1CCC(CCCc2ccc(-c3cn(C4CCOCC4)c4nc(Nc5cc(C(F)(F)F)cc(C(F)(F)F)c5)ncc34)cc2)CC1. The summed E-state index contributed by atoms with van der Waals surface area (Å²) in [4.78, 5) is 11.3. The number of aromatic nitrogens is 3. The second kappa shape index (κ2) is 13.2. The lowest BCUT2D eigenvalue weighted by Gasteiger charge is -2.28. The molecule has 0 saturated carbocycles. The molecule has 1 N–H and O–H groups in total. The first-order chi connectivity index (χ1) is 21.9. The Morgan fingerprint density at radius 2 is 1.54 bits per heavy atom. The molecule has 4 aromatic rings. The first kappa shape index (κ1) is 32.3. The van der Waals surface area contributed by atoms with Crippen molar-refractivity contribution in [2.45, 2.75) is 63.3 Å². The second-order valence-electron chi connectivity index (χ2n) is 12.5. The van der Waals surface area contributed by atoms with Gasteiger partial charge < -0.3 is 19.5 Å². The van der Waals surface area contributed by atoms with Crippen LogP contribution < -0.4 is 5.32 Å². The van der Waals surface area contributed by atoms with Gasteiger partial charge in [-0.15, -0.1) is 0 Å². The summed E-state index contributed by atoms with van der Waals surface area (Å²) in [5.74, 6) is 0.698. The van der Waals surface area contributed by atoms with E-state index in [9.17, 15) is 26.3 Å². The quantitative estimate of drug-likeness (QED) is 0.194. The molecule has 46 heavy (non-hydrogen) atoms. The van der Waals surface area contributed by atoms with Gasteiger partial charge in [0.05, 0.1) is 11.1 Å². The maximum Gasteiger partial charge on any atom is 0.416 e. The van der Waals surface area contributed by atoms with Gasteiger partial charge in [0, 0.05) is 48.3 Å². The largest absolute Gasteiger partial charge is 0.416 e. The second-order valence-corrected chi connectivity index (χ2v) is 12.5. The maximum absolute atomic E-state index is 13.4. The van der Waals surface area contributed by atoms with E-state index in [4.69, 9.17) is 4.74 Å². The van der Waals surface area contributed by atoms with Gasteiger partial charge in [0.25, 0.3) is 0 Å². The highest BCUT2D eigenvalue weighted by molar-refractivity contribution is 5.94. The Kier molecular flexibility index (Phi) is 9.29. The Hall–Kier alpha value is -3.64. The molecule has 6 nitrogen and oxygen atoms in total. The van der Waals surface area contributed by atoms with E-state index in [0.29, 0.717) is 31.0 Å². The van der Waals surface area contributed by atoms with Gasteiger partial charge in [-0.25, -0.2) is 4.98 Å². The Labute approximate surface area is 263 Å². The number of fused-ring (bicyclic) bond motifs is 1. The zero-order chi connectivity index (χ0) is 32.5. The molecule has 6 rings (SSSR count). The lowest BCUT2D eigenvalue weighted by molar-refractivity contribution is -0.143. The molecular formula is C34H37F6N5O. The molecule has 4 heterocycles. The standard InChI is InChI=1S/C34H37F6N5O/c1-44-13-9-23(10-14-44)4-2-3-22-5-7-24(8-6-22)30-21-45(28-11-15-46-16-12-28)31-29(30)20-41-32(43-31)42-27-18-25(33(35,36)37)17-26(19-27)34(38,39)40/h5-8,17-21,23,28H,2-4,9-16H2,1H3,(H,41,42,43). The third-order valence-corrected chi connectivity index (χ3v) is 9.18. The Bertz CT molecular complexity index is 1600. The van der Waals surface area contributed by atoms with Crippen molar-refractivity contribution < 1.29 is 31.1 Å². The first-order valence-corrected chi connectivity index (χ1v) is 15.7. The number of aryl methyl sites for hydroxylation is 1. The molecule has 0 radical (unpaired) electrons. The highest BCUT2D eigenvalue weighted by atomic mass is 19.4. The molecule has 2 aromatic carbocycles. The fourth-order valence-corrected chi connectivity index (χ4v) is 6.51. The number of anilines is 2. The summed E-state index contributed by atoms with van der Waals surface area (Å²) in [6, 6.07) is 9.87. The zero-order valence-corrected chi connectivity index (χ0v) is 25.6. The van der Waals surface area contributed by atoms with Crippen molar-refractivity contribution in [3.8, 4) is 11.1 Å². The summed E-state index contributed by atoms with van der Waals surface area (Å²) in [6.07, 6.45) is 1.08. The molecule has 0 aliphatic carbocycles. The van der Waals surface area contributed by atoms with Crippen LogP contribution in [0, 0.1) is 5.92 Å². The number of halogens is 6. The molecule has 0 unspecified atom stereocenters. The molecule has 2 fully saturated rings. The van der Waals surface area contributed by atoms with Gasteiger partial charge >= 0.3 is 12.4 Å². The minimum Gasteiger partial charge on any atom is -0.381 e. The van der Waals surface area contributed by atoms with Gasteiger partial charge in [-0.1, -0.05) is 30.7 Å². The minimum atomic E-state index is -4.96. The van der Waals surface area contributed by atoms with Crippen LogP contribution in [0.2, 0.25) is 0 Å². The number of likely N-dealkylation sites (tertiary alicyclic amines) is 1. The number of nitrogens with one attached hydrogen (secondary N) is 1. The van der Waals surface area contributed by atoms with Gasteiger partial charge in [0.15, 0.2) is 0 Å². The number of alkyl halides is 6. The van der Waals surface area contributed by atoms with Crippen LogP contribution in [0.25, 0.3) is 22.2 Å². The van der Waals surface area contributed by atoms with E-state index < -0.39 is 29.2 Å². The molecule has 0 amide bonds. The van der Waals surface area contributed by atoms with Crippen molar-refractivity contribution in [2.24, 2.45) is 5.92 Å². The lowest BCUT2D eigenvalue weighted by atomic mass is 9.91.